The van der Waals surface area contributed by atoms with E-state index < -0.39 is 5.54 Å². The fourth-order valence-electron chi connectivity index (χ4n) is 3.30. The van der Waals surface area contributed by atoms with Crippen LogP contribution in [0.4, 0.5) is 4.79 Å². The molecular weight excluding hydrogens is 286 g/mol. The van der Waals surface area contributed by atoms with Gasteiger partial charge in [-0.25, -0.2) is 4.79 Å². The summed E-state index contributed by atoms with van der Waals surface area (Å²) in [5.41, 5.74) is -0.751. The summed E-state index contributed by atoms with van der Waals surface area (Å²) in [6, 6.07) is 3.88. The Kier molecular flexibility index (Phi) is 3.99. The molecule has 6 heteroatoms. The quantitative estimate of drug-likeness (QED) is 0.831. The van der Waals surface area contributed by atoms with Crippen LogP contribution in [0.25, 0.3) is 0 Å². The Morgan fingerprint density at radius 3 is 3.00 bits per heavy atom. The molecule has 0 spiro atoms. The van der Waals surface area contributed by atoms with Crippen molar-refractivity contribution < 1.29 is 9.59 Å². The van der Waals surface area contributed by atoms with Gasteiger partial charge in [0.1, 0.15) is 5.54 Å². The van der Waals surface area contributed by atoms with Crippen LogP contribution in [0.3, 0.4) is 0 Å². The summed E-state index contributed by atoms with van der Waals surface area (Å²) < 4.78 is 0. The second-order valence-electron chi connectivity index (χ2n) is 6.08. The molecule has 2 atom stereocenters. The average molecular weight is 307 g/mol. The molecular formula is C15H21N3O2S. The zero-order chi connectivity index (χ0) is 14.9. The predicted molar refractivity (Wildman–Crippen MR) is 82.3 cm³/mol. The van der Waals surface area contributed by atoms with Gasteiger partial charge in [0.05, 0.1) is 0 Å². The van der Waals surface area contributed by atoms with E-state index in [1.165, 1.54) is 4.88 Å². The summed E-state index contributed by atoms with van der Waals surface area (Å²) in [5, 5.41) is 7.29. The van der Waals surface area contributed by atoms with Gasteiger partial charge in [0, 0.05) is 23.9 Å². The highest BCUT2D eigenvalue weighted by Crippen LogP contribution is 2.29. The van der Waals surface area contributed by atoms with E-state index in [4.69, 9.17) is 0 Å². The molecule has 0 bridgehead atoms. The van der Waals surface area contributed by atoms with Crippen molar-refractivity contribution in [1.82, 2.24) is 15.5 Å². The highest BCUT2D eigenvalue weighted by molar-refractivity contribution is 7.09. The van der Waals surface area contributed by atoms with E-state index in [-0.39, 0.29) is 17.9 Å². The summed E-state index contributed by atoms with van der Waals surface area (Å²) in [7, 11) is 0. The summed E-state index contributed by atoms with van der Waals surface area (Å²) in [5.74, 6) is -0.00126. The SMILES string of the molecule is C[C@@]1([C@H]2CCCN(CCc3cccs3)C2)NC(=O)NC1=O. The topological polar surface area (TPSA) is 61.4 Å². The van der Waals surface area contributed by atoms with E-state index in [0.29, 0.717) is 0 Å². The van der Waals surface area contributed by atoms with Crippen LogP contribution in [-0.4, -0.2) is 42.0 Å². The summed E-state index contributed by atoms with van der Waals surface area (Å²) >= 11 is 1.79. The van der Waals surface area contributed by atoms with Crippen molar-refractivity contribution in [3.05, 3.63) is 22.4 Å². The Balaban J connectivity index is 1.60. The molecule has 0 aromatic carbocycles. The molecule has 2 fully saturated rings. The molecule has 3 rings (SSSR count). The number of nitrogens with one attached hydrogen (secondary N) is 2. The second-order valence-corrected chi connectivity index (χ2v) is 7.11. The molecule has 2 aliphatic heterocycles. The lowest BCUT2D eigenvalue weighted by Crippen LogP contribution is -2.55. The summed E-state index contributed by atoms with van der Waals surface area (Å²) in [6.07, 6.45) is 3.12. The number of imide groups is 1. The highest BCUT2D eigenvalue weighted by Gasteiger charge is 2.48. The van der Waals surface area contributed by atoms with Crippen molar-refractivity contribution in [3.63, 3.8) is 0 Å². The van der Waals surface area contributed by atoms with Gasteiger partial charge in [0.25, 0.3) is 5.91 Å². The van der Waals surface area contributed by atoms with E-state index in [0.717, 1.165) is 38.9 Å². The lowest BCUT2D eigenvalue weighted by molar-refractivity contribution is -0.126. The van der Waals surface area contributed by atoms with E-state index >= 15 is 0 Å². The Morgan fingerprint density at radius 1 is 1.48 bits per heavy atom. The standard InChI is InChI=1S/C15H21N3O2S/c1-15(13(19)16-14(20)17-15)11-4-2-7-18(10-11)8-6-12-5-3-9-21-12/h3,5,9,11H,2,4,6-8,10H2,1H3,(H2,16,17,19,20)/t11-,15-/m0/s1. The number of nitrogens with zero attached hydrogens (tertiary/aromatic N) is 1. The van der Waals surface area contributed by atoms with Crippen LogP contribution in [0.1, 0.15) is 24.6 Å². The minimum atomic E-state index is -0.751. The van der Waals surface area contributed by atoms with Gasteiger partial charge in [-0.1, -0.05) is 6.07 Å². The number of hydrogen-bond acceptors (Lipinski definition) is 4. The third kappa shape index (κ3) is 2.96. The molecule has 0 saturated carbocycles. The number of amides is 3. The van der Waals surface area contributed by atoms with Gasteiger partial charge in [-0.3, -0.25) is 10.1 Å². The van der Waals surface area contributed by atoms with Crippen molar-refractivity contribution in [2.75, 3.05) is 19.6 Å². The Bertz CT molecular complexity index is 531. The molecule has 114 valence electrons. The number of likely N-dealkylation sites (tertiary alicyclic amines) is 1. The summed E-state index contributed by atoms with van der Waals surface area (Å²) in [4.78, 5) is 27.3. The van der Waals surface area contributed by atoms with Crippen LogP contribution in [0.2, 0.25) is 0 Å². The van der Waals surface area contributed by atoms with Gasteiger partial charge >= 0.3 is 6.03 Å². The maximum Gasteiger partial charge on any atom is 0.322 e. The van der Waals surface area contributed by atoms with Crippen LogP contribution in [0.15, 0.2) is 17.5 Å². The normalized spacial score (nSPS) is 30.2. The molecule has 0 radical (unpaired) electrons. The number of carbonyl (C=O) groups excluding carboxylic acids is 2. The number of urea groups is 1. The maximum atomic E-state index is 12.0. The predicted octanol–water partition coefficient (Wildman–Crippen LogP) is 1.60. The average Bonchev–Trinajstić information content (AvgIpc) is 3.06. The van der Waals surface area contributed by atoms with E-state index in [2.05, 4.69) is 33.0 Å². The monoisotopic (exact) mass is 307 g/mol. The first-order valence-electron chi connectivity index (χ1n) is 7.46. The Labute approximate surface area is 128 Å². The summed E-state index contributed by atoms with van der Waals surface area (Å²) in [6.45, 7) is 4.81. The molecule has 0 aliphatic carbocycles. The molecule has 21 heavy (non-hydrogen) atoms. The molecule has 0 unspecified atom stereocenters. The van der Waals surface area contributed by atoms with Crippen molar-refractivity contribution in [1.29, 1.82) is 0 Å². The van der Waals surface area contributed by atoms with E-state index in [1.54, 1.807) is 11.3 Å². The number of hydrogen-bond donors (Lipinski definition) is 2. The molecule has 2 saturated heterocycles. The maximum absolute atomic E-state index is 12.0. The van der Waals surface area contributed by atoms with Gasteiger partial charge in [0.15, 0.2) is 0 Å². The minimum Gasteiger partial charge on any atom is -0.323 e. The lowest BCUT2D eigenvalue weighted by atomic mass is 9.80. The van der Waals surface area contributed by atoms with Crippen LogP contribution in [-0.2, 0) is 11.2 Å². The molecule has 3 heterocycles. The van der Waals surface area contributed by atoms with Gasteiger partial charge in [-0.05, 0) is 44.2 Å². The third-order valence-corrected chi connectivity index (χ3v) is 5.58. The zero-order valence-corrected chi connectivity index (χ0v) is 13.0. The molecule has 2 N–H and O–H groups in total. The first-order valence-corrected chi connectivity index (χ1v) is 8.34. The molecule has 1 aromatic heterocycles. The van der Waals surface area contributed by atoms with Gasteiger partial charge in [0.2, 0.25) is 0 Å². The van der Waals surface area contributed by atoms with Crippen LogP contribution in [0.5, 0.6) is 0 Å². The van der Waals surface area contributed by atoms with Crippen LogP contribution >= 0.6 is 11.3 Å². The Morgan fingerprint density at radius 2 is 2.33 bits per heavy atom. The largest absolute Gasteiger partial charge is 0.323 e. The number of piperidine rings is 1. The van der Waals surface area contributed by atoms with Crippen molar-refractivity contribution in [3.8, 4) is 0 Å². The van der Waals surface area contributed by atoms with Crippen molar-refractivity contribution in [2.45, 2.75) is 31.7 Å². The number of rotatable bonds is 4. The van der Waals surface area contributed by atoms with Gasteiger partial charge < -0.3 is 10.2 Å². The van der Waals surface area contributed by atoms with Gasteiger partial charge in [-0.15, -0.1) is 11.3 Å². The third-order valence-electron chi connectivity index (χ3n) is 4.65. The van der Waals surface area contributed by atoms with E-state index in [1.807, 2.05) is 6.92 Å². The first-order chi connectivity index (χ1) is 10.1. The second kappa shape index (κ2) is 5.77. The molecule has 3 amide bonds. The molecule has 5 nitrogen and oxygen atoms in total. The van der Waals surface area contributed by atoms with Gasteiger partial charge in [-0.2, -0.15) is 0 Å². The van der Waals surface area contributed by atoms with Crippen molar-refractivity contribution >= 4 is 23.3 Å². The highest BCUT2D eigenvalue weighted by atomic mass is 32.1. The lowest BCUT2D eigenvalue weighted by Gasteiger charge is -2.39. The smallest absolute Gasteiger partial charge is 0.322 e. The number of thiophene rings is 1. The fourth-order valence-corrected chi connectivity index (χ4v) is 4.00. The van der Waals surface area contributed by atoms with Crippen LogP contribution in [0, 0.1) is 5.92 Å². The minimum absolute atomic E-state index is 0.182. The fraction of sp³-hybridized carbons (Fsp3) is 0.600. The van der Waals surface area contributed by atoms with E-state index in [9.17, 15) is 9.59 Å². The van der Waals surface area contributed by atoms with Crippen molar-refractivity contribution in [2.24, 2.45) is 5.92 Å². The Hall–Kier alpha value is -1.40. The molecule has 1 aromatic rings. The first kappa shape index (κ1) is 14.5. The zero-order valence-electron chi connectivity index (χ0n) is 12.2. The number of carbonyl (C=O) groups is 2. The molecule has 2 aliphatic rings. The van der Waals surface area contributed by atoms with Crippen LogP contribution < -0.4 is 10.6 Å².